The van der Waals surface area contributed by atoms with Crippen LogP contribution in [0.1, 0.15) is 12.8 Å². The molecule has 2 aromatic carbocycles. The van der Waals surface area contributed by atoms with Crippen LogP contribution in [0.15, 0.2) is 42.7 Å². The SMILES string of the molecule is COc1cc(N(C)CC2CCCN2C)c(N)cc1Nc1ncc(Cl)c(-c2cn3c4c(cccc24)OCC3)n1. The normalized spacial score (nSPS) is 17.0. The first-order valence-electron chi connectivity index (χ1n) is 12.9. The molecular formula is C28H32ClN7O2. The van der Waals surface area contributed by atoms with Crippen LogP contribution in [-0.2, 0) is 6.54 Å². The number of anilines is 4. The van der Waals surface area contributed by atoms with Gasteiger partial charge in [0.15, 0.2) is 0 Å². The van der Waals surface area contributed by atoms with Crippen molar-refractivity contribution in [2.45, 2.75) is 25.4 Å². The lowest BCUT2D eigenvalue weighted by atomic mass is 10.1. The molecule has 0 radical (unpaired) electrons. The monoisotopic (exact) mass is 533 g/mol. The average Bonchev–Trinajstić information content (AvgIpc) is 3.49. The molecule has 0 bridgehead atoms. The maximum atomic E-state index is 6.61. The van der Waals surface area contributed by atoms with Crippen LogP contribution in [0.25, 0.3) is 22.2 Å². The van der Waals surface area contributed by atoms with Crippen LogP contribution in [0.5, 0.6) is 11.5 Å². The summed E-state index contributed by atoms with van der Waals surface area (Å²) >= 11 is 6.61. The number of hydrogen-bond donors (Lipinski definition) is 2. The minimum atomic E-state index is 0.402. The Bertz CT molecular complexity index is 1500. The highest BCUT2D eigenvalue weighted by atomic mass is 35.5. The quantitative estimate of drug-likeness (QED) is 0.320. The zero-order chi connectivity index (χ0) is 26.4. The van der Waals surface area contributed by atoms with Crippen molar-refractivity contribution < 1.29 is 9.47 Å². The molecule has 1 atom stereocenters. The van der Waals surface area contributed by atoms with Gasteiger partial charge in [0.2, 0.25) is 5.95 Å². The summed E-state index contributed by atoms with van der Waals surface area (Å²) in [5.41, 5.74) is 11.4. The van der Waals surface area contributed by atoms with E-state index in [0.29, 0.717) is 46.4 Å². The lowest BCUT2D eigenvalue weighted by Crippen LogP contribution is -2.36. The Balaban J connectivity index is 1.31. The topological polar surface area (TPSA) is 93.7 Å². The third-order valence-corrected chi connectivity index (χ3v) is 7.89. The summed E-state index contributed by atoms with van der Waals surface area (Å²) < 4.78 is 13.8. The van der Waals surface area contributed by atoms with E-state index in [-0.39, 0.29) is 0 Å². The van der Waals surface area contributed by atoms with Crippen molar-refractivity contribution in [3.63, 3.8) is 0 Å². The molecule has 1 fully saturated rings. The number of nitrogens with two attached hydrogens (primary N) is 1. The van der Waals surface area contributed by atoms with Gasteiger partial charge in [0.05, 0.1) is 53.1 Å². The number of hydrogen-bond acceptors (Lipinski definition) is 8. The lowest BCUT2D eigenvalue weighted by molar-refractivity contribution is 0.287. The number of nitrogens with zero attached hydrogens (tertiary/aromatic N) is 5. The molecule has 0 saturated carbocycles. The van der Waals surface area contributed by atoms with Gasteiger partial charge in [0.1, 0.15) is 18.1 Å². The number of nitrogens with one attached hydrogen (secondary N) is 1. The summed E-state index contributed by atoms with van der Waals surface area (Å²) in [5.74, 6) is 1.93. The van der Waals surface area contributed by atoms with Gasteiger partial charge in [-0.05, 0) is 38.6 Å². The second-order valence-electron chi connectivity index (χ2n) is 10.0. The van der Waals surface area contributed by atoms with E-state index in [9.17, 15) is 0 Å². The second-order valence-corrected chi connectivity index (χ2v) is 10.4. The fourth-order valence-electron chi connectivity index (χ4n) is 5.61. The van der Waals surface area contributed by atoms with E-state index in [1.54, 1.807) is 13.3 Å². The van der Waals surface area contributed by atoms with Crippen LogP contribution < -0.4 is 25.4 Å². The molecule has 3 N–H and O–H groups in total. The minimum absolute atomic E-state index is 0.402. The van der Waals surface area contributed by atoms with Crippen LogP contribution in [0.2, 0.25) is 5.02 Å². The summed E-state index contributed by atoms with van der Waals surface area (Å²) in [5, 5.41) is 4.81. The summed E-state index contributed by atoms with van der Waals surface area (Å²) in [7, 11) is 5.90. The van der Waals surface area contributed by atoms with Crippen molar-refractivity contribution in [2.75, 3.05) is 56.9 Å². The molecule has 2 aliphatic heterocycles. The summed E-state index contributed by atoms with van der Waals surface area (Å²) in [6.45, 7) is 3.45. The molecule has 1 saturated heterocycles. The summed E-state index contributed by atoms with van der Waals surface area (Å²) in [4.78, 5) is 13.9. The number of ether oxygens (including phenoxy) is 2. The highest BCUT2D eigenvalue weighted by molar-refractivity contribution is 6.33. The van der Waals surface area contributed by atoms with Gasteiger partial charge in [0.25, 0.3) is 0 Å². The second kappa shape index (κ2) is 9.89. The maximum Gasteiger partial charge on any atom is 0.227 e. The van der Waals surface area contributed by atoms with Crippen molar-refractivity contribution in [1.29, 1.82) is 0 Å². The molecule has 4 aromatic rings. The van der Waals surface area contributed by atoms with Crippen LogP contribution in [0.3, 0.4) is 0 Å². The number of methoxy groups -OCH3 is 1. The number of aromatic nitrogens is 3. The molecule has 2 aromatic heterocycles. The van der Waals surface area contributed by atoms with Crippen molar-refractivity contribution in [1.82, 2.24) is 19.4 Å². The van der Waals surface area contributed by atoms with Crippen molar-refractivity contribution in [3.05, 3.63) is 47.7 Å². The molecule has 1 unspecified atom stereocenters. The molecule has 2 aliphatic rings. The number of para-hydroxylation sites is 1. The molecule has 0 amide bonds. The molecule has 4 heterocycles. The van der Waals surface area contributed by atoms with Crippen molar-refractivity contribution >= 4 is 45.5 Å². The zero-order valence-electron chi connectivity index (χ0n) is 21.9. The van der Waals surface area contributed by atoms with Gasteiger partial charge in [-0.1, -0.05) is 23.7 Å². The number of rotatable bonds is 7. The molecule has 38 heavy (non-hydrogen) atoms. The lowest BCUT2D eigenvalue weighted by Gasteiger charge is -2.28. The van der Waals surface area contributed by atoms with E-state index in [1.807, 2.05) is 24.3 Å². The van der Waals surface area contributed by atoms with Crippen LogP contribution in [0, 0.1) is 0 Å². The Morgan fingerprint density at radius 1 is 1.29 bits per heavy atom. The first-order chi connectivity index (χ1) is 18.4. The number of halogens is 1. The largest absolute Gasteiger partial charge is 0.494 e. The Hall–Kier alpha value is -3.69. The number of likely N-dealkylation sites (tertiary alicyclic amines) is 1. The standard InChI is InChI=1S/C28H32ClN7O2/c1-34-9-5-6-17(34)15-35(2)23-13-25(37-3)22(12-21(23)30)32-28-31-14-20(29)26(33-28)19-16-36-10-11-38-24-8-4-7-18(19)27(24)36/h4,7-8,12-14,16-17H,5-6,9-11,15,30H2,1-3H3,(H,31,32,33). The number of nitrogen functional groups attached to an aromatic ring is 1. The van der Waals surface area contributed by atoms with Gasteiger partial charge in [0, 0.05) is 42.8 Å². The first-order valence-corrected chi connectivity index (χ1v) is 13.2. The highest BCUT2D eigenvalue weighted by Crippen LogP contribution is 2.40. The smallest absolute Gasteiger partial charge is 0.227 e. The molecule has 9 nitrogen and oxygen atoms in total. The van der Waals surface area contributed by atoms with Gasteiger partial charge >= 0.3 is 0 Å². The molecule has 198 valence electrons. The third kappa shape index (κ3) is 4.35. The van der Waals surface area contributed by atoms with Gasteiger partial charge in [-0.3, -0.25) is 0 Å². The molecular weight excluding hydrogens is 502 g/mol. The van der Waals surface area contributed by atoms with E-state index < -0.39 is 0 Å². The van der Waals surface area contributed by atoms with E-state index in [0.717, 1.165) is 47.5 Å². The van der Waals surface area contributed by atoms with E-state index in [4.69, 9.17) is 31.8 Å². The van der Waals surface area contributed by atoms with Gasteiger partial charge in [-0.15, -0.1) is 0 Å². The summed E-state index contributed by atoms with van der Waals surface area (Å²) in [6.07, 6.45) is 6.13. The first kappa shape index (κ1) is 24.6. The van der Waals surface area contributed by atoms with E-state index in [1.165, 1.54) is 12.8 Å². The molecule has 0 spiro atoms. The maximum absolute atomic E-state index is 6.61. The Morgan fingerprint density at radius 3 is 2.95 bits per heavy atom. The highest BCUT2D eigenvalue weighted by Gasteiger charge is 2.24. The summed E-state index contributed by atoms with van der Waals surface area (Å²) in [6, 6.07) is 10.4. The fraction of sp³-hybridized carbons (Fsp3) is 0.357. The van der Waals surface area contributed by atoms with Gasteiger partial charge in [-0.2, -0.15) is 0 Å². The van der Waals surface area contributed by atoms with Crippen molar-refractivity contribution in [2.24, 2.45) is 0 Å². The number of likely N-dealkylation sites (N-methyl/N-ethyl adjacent to an activating group) is 2. The molecule has 0 aliphatic carbocycles. The van der Waals surface area contributed by atoms with Crippen LogP contribution >= 0.6 is 11.6 Å². The molecule has 10 heteroatoms. The van der Waals surface area contributed by atoms with Crippen LogP contribution in [-0.4, -0.2) is 66.4 Å². The predicted octanol–water partition coefficient (Wildman–Crippen LogP) is 5.01. The molecule has 6 rings (SSSR count). The minimum Gasteiger partial charge on any atom is -0.494 e. The Labute approximate surface area is 227 Å². The predicted molar refractivity (Wildman–Crippen MR) is 153 cm³/mol. The van der Waals surface area contributed by atoms with Gasteiger partial charge < -0.3 is 34.9 Å². The number of benzene rings is 2. The van der Waals surface area contributed by atoms with Gasteiger partial charge in [-0.25, -0.2) is 9.97 Å². The third-order valence-electron chi connectivity index (χ3n) is 7.61. The Kier molecular flexibility index (Phi) is 6.41. The van der Waals surface area contributed by atoms with E-state index in [2.05, 4.69) is 51.0 Å². The average molecular weight is 534 g/mol. The Morgan fingerprint density at radius 2 is 2.16 bits per heavy atom. The van der Waals surface area contributed by atoms with Crippen LogP contribution in [0.4, 0.5) is 23.0 Å². The van der Waals surface area contributed by atoms with E-state index >= 15 is 0 Å². The zero-order valence-corrected chi connectivity index (χ0v) is 22.6. The van der Waals surface area contributed by atoms with Crippen molar-refractivity contribution in [3.8, 4) is 22.8 Å². The fourth-order valence-corrected chi connectivity index (χ4v) is 5.80.